The van der Waals surface area contributed by atoms with E-state index in [4.69, 9.17) is 22.1 Å². The van der Waals surface area contributed by atoms with Gasteiger partial charge >= 0.3 is 0 Å². The first kappa shape index (κ1) is 20.3. The van der Waals surface area contributed by atoms with E-state index >= 15 is 0 Å². The molecule has 0 aromatic heterocycles. The monoisotopic (exact) mass is 381 g/mol. The molecule has 1 heterocycles. The van der Waals surface area contributed by atoms with E-state index in [0.717, 1.165) is 49.7 Å². The molecule has 0 bridgehead atoms. The summed E-state index contributed by atoms with van der Waals surface area (Å²) in [6, 6.07) is 5.88. The molecule has 144 valence electrons. The Labute approximate surface area is 159 Å². The third-order valence-electron chi connectivity index (χ3n) is 4.31. The van der Waals surface area contributed by atoms with E-state index in [0.29, 0.717) is 24.2 Å². The highest BCUT2D eigenvalue weighted by molar-refractivity contribution is 6.30. The number of rotatable bonds is 7. The first-order valence-corrected chi connectivity index (χ1v) is 9.27. The third-order valence-corrected chi connectivity index (χ3v) is 4.54. The maximum atomic E-state index is 11.0. The zero-order valence-electron chi connectivity index (χ0n) is 15.4. The number of primary amides is 1. The molecule has 2 rings (SSSR count). The first-order valence-electron chi connectivity index (χ1n) is 8.89. The van der Waals surface area contributed by atoms with Gasteiger partial charge in [0.1, 0.15) is 5.75 Å². The average Bonchev–Trinajstić information content (AvgIpc) is 2.61. The fourth-order valence-corrected chi connectivity index (χ4v) is 3.14. The molecule has 1 aromatic rings. The Morgan fingerprint density at radius 3 is 2.77 bits per heavy atom. The number of amides is 1. The van der Waals surface area contributed by atoms with Crippen LogP contribution in [0, 0.1) is 0 Å². The van der Waals surface area contributed by atoms with Gasteiger partial charge in [0.05, 0.1) is 20.2 Å². The molecule has 4 N–H and O–H groups in total. The molecule has 0 unspecified atom stereocenters. The van der Waals surface area contributed by atoms with Crippen molar-refractivity contribution in [1.82, 2.24) is 15.5 Å². The van der Waals surface area contributed by atoms with Crippen LogP contribution in [0.5, 0.6) is 5.75 Å². The summed E-state index contributed by atoms with van der Waals surface area (Å²) in [7, 11) is 1.63. The number of benzene rings is 1. The Balaban J connectivity index is 1.94. The minimum absolute atomic E-state index is 0.275. The topological polar surface area (TPSA) is 92.0 Å². The molecule has 26 heavy (non-hydrogen) atoms. The first-order chi connectivity index (χ1) is 12.5. The maximum Gasteiger partial charge on any atom is 0.231 e. The summed E-state index contributed by atoms with van der Waals surface area (Å²) in [5.41, 5.74) is 6.24. The molecule has 1 amide bonds. The number of ether oxygens (including phenoxy) is 1. The lowest BCUT2D eigenvalue weighted by molar-refractivity contribution is -0.119. The number of guanidine groups is 1. The van der Waals surface area contributed by atoms with Crippen molar-refractivity contribution in [3.05, 3.63) is 28.8 Å². The van der Waals surface area contributed by atoms with Crippen LogP contribution >= 0.6 is 11.6 Å². The summed E-state index contributed by atoms with van der Waals surface area (Å²) in [6.07, 6.45) is 1.89. The lowest BCUT2D eigenvalue weighted by Gasteiger charge is -2.32. The second-order valence-corrected chi connectivity index (χ2v) is 6.75. The van der Waals surface area contributed by atoms with Gasteiger partial charge in [-0.05, 0) is 31.9 Å². The van der Waals surface area contributed by atoms with Crippen molar-refractivity contribution in [3.63, 3.8) is 0 Å². The van der Waals surface area contributed by atoms with E-state index < -0.39 is 0 Å². The molecule has 0 saturated carbocycles. The molecule has 1 fully saturated rings. The van der Waals surface area contributed by atoms with Crippen LogP contribution in [-0.4, -0.2) is 56.1 Å². The lowest BCUT2D eigenvalue weighted by atomic mass is 10.1. The molecule has 0 radical (unpaired) electrons. The second-order valence-electron chi connectivity index (χ2n) is 6.31. The summed E-state index contributed by atoms with van der Waals surface area (Å²) in [4.78, 5) is 17.8. The van der Waals surface area contributed by atoms with E-state index in [1.54, 1.807) is 13.2 Å². The summed E-state index contributed by atoms with van der Waals surface area (Å²) in [5.74, 6) is 1.23. The Kier molecular flexibility index (Phi) is 8.00. The summed E-state index contributed by atoms with van der Waals surface area (Å²) < 4.78 is 5.37. The van der Waals surface area contributed by atoms with Gasteiger partial charge in [0.15, 0.2) is 5.96 Å². The Morgan fingerprint density at radius 2 is 2.15 bits per heavy atom. The molecular formula is C18H28ClN5O2. The highest BCUT2D eigenvalue weighted by Gasteiger charge is 2.20. The fourth-order valence-electron chi connectivity index (χ4n) is 2.98. The number of hydrogen-bond acceptors (Lipinski definition) is 4. The fraction of sp³-hybridized carbons (Fsp3) is 0.556. The zero-order chi connectivity index (χ0) is 18.9. The minimum Gasteiger partial charge on any atom is -0.496 e. The van der Waals surface area contributed by atoms with Gasteiger partial charge in [-0.2, -0.15) is 0 Å². The molecule has 7 nitrogen and oxygen atoms in total. The number of hydrogen-bond donors (Lipinski definition) is 3. The van der Waals surface area contributed by atoms with Gasteiger partial charge in [-0.3, -0.25) is 9.69 Å². The smallest absolute Gasteiger partial charge is 0.231 e. The van der Waals surface area contributed by atoms with Gasteiger partial charge in [0.25, 0.3) is 0 Å². The number of nitrogens with one attached hydrogen (secondary N) is 2. The van der Waals surface area contributed by atoms with E-state index in [2.05, 4.69) is 20.5 Å². The zero-order valence-corrected chi connectivity index (χ0v) is 16.2. The molecule has 1 aromatic carbocycles. The van der Waals surface area contributed by atoms with E-state index in [9.17, 15) is 4.79 Å². The van der Waals surface area contributed by atoms with Crippen molar-refractivity contribution >= 4 is 23.5 Å². The van der Waals surface area contributed by atoms with Gasteiger partial charge in [-0.15, -0.1) is 0 Å². The highest BCUT2D eigenvalue weighted by atomic mass is 35.5. The van der Waals surface area contributed by atoms with Gasteiger partial charge < -0.3 is 21.1 Å². The Bertz CT molecular complexity index is 630. The van der Waals surface area contributed by atoms with Crippen LogP contribution in [0.4, 0.5) is 0 Å². The van der Waals surface area contributed by atoms with Gasteiger partial charge in [0.2, 0.25) is 5.91 Å². The summed E-state index contributed by atoms with van der Waals surface area (Å²) in [5, 5.41) is 7.40. The molecule has 1 aliphatic rings. The van der Waals surface area contributed by atoms with Crippen molar-refractivity contribution in [3.8, 4) is 5.75 Å². The van der Waals surface area contributed by atoms with E-state index in [1.165, 1.54) is 0 Å². The molecule has 0 spiro atoms. The molecule has 1 aliphatic heterocycles. The van der Waals surface area contributed by atoms with Crippen molar-refractivity contribution in [1.29, 1.82) is 0 Å². The summed E-state index contributed by atoms with van der Waals surface area (Å²) in [6.45, 7) is 5.35. The average molecular weight is 382 g/mol. The third kappa shape index (κ3) is 6.38. The van der Waals surface area contributed by atoms with E-state index in [1.807, 2.05) is 19.1 Å². The molecular weight excluding hydrogens is 354 g/mol. The number of piperidine rings is 1. The standard InChI is InChI=1S/C18H28ClN5O2/c1-3-21-18(22-11-13-4-5-14(19)10-16(13)26-2)23-15-6-8-24(9-7-15)12-17(20)25/h4-5,10,15H,3,6-9,11-12H2,1-2H3,(H2,20,25)(H2,21,22,23). The van der Waals surface area contributed by atoms with Crippen LogP contribution in [0.2, 0.25) is 5.02 Å². The number of halogens is 1. The second kappa shape index (κ2) is 10.2. The number of carbonyl (C=O) groups is 1. The number of likely N-dealkylation sites (tertiary alicyclic amines) is 1. The molecule has 0 aliphatic carbocycles. The van der Waals surface area contributed by atoms with Crippen molar-refractivity contribution in [2.45, 2.75) is 32.4 Å². The predicted octanol–water partition coefficient (Wildman–Crippen LogP) is 1.35. The Hall–Kier alpha value is -1.99. The minimum atomic E-state index is -0.275. The van der Waals surface area contributed by atoms with Crippen LogP contribution in [0.1, 0.15) is 25.3 Å². The van der Waals surface area contributed by atoms with E-state index in [-0.39, 0.29) is 5.91 Å². The molecule has 8 heteroatoms. The number of methoxy groups -OCH3 is 1. The van der Waals surface area contributed by atoms with Crippen LogP contribution in [0.15, 0.2) is 23.2 Å². The number of carbonyl (C=O) groups excluding carboxylic acids is 1. The Morgan fingerprint density at radius 1 is 1.42 bits per heavy atom. The number of aliphatic imine (C=N–C) groups is 1. The number of nitrogens with zero attached hydrogens (tertiary/aromatic N) is 2. The van der Waals surface area contributed by atoms with Crippen LogP contribution in [-0.2, 0) is 11.3 Å². The number of nitrogens with two attached hydrogens (primary N) is 1. The quantitative estimate of drug-likeness (QED) is 0.490. The SMILES string of the molecule is CCNC(=NCc1ccc(Cl)cc1OC)NC1CCN(CC(N)=O)CC1. The molecule has 0 atom stereocenters. The largest absolute Gasteiger partial charge is 0.496 e. The van der Waals surface area contributed by atoms with Gasteiger partial charge in [-0.1, -0.05) is 17.7 Å². The van der Waals surface area contributed by atoms with Crippen LogP contribution in [0.3, 0.4) is 0 Å². The van der Waals surface area contributed by atoms with Gasteiger partial charge in [-0.25, -0.2) is 4.99 Å². The highest BCUT2D eigenvalue weighted by Crippen LogP contribution is 2.23. The van der Waals surface area contributed by atoms with Crippen molar-refractivity contribution < 1.29 is 9.53 Å². The van der Waals surface area contributed by atoms with Crippen molar-refractivity contribution in [2.75, 3.05) is 33.3 Å². The normalized spacial score (nSPS) is 16.3. The van der Waals surface area contributed by atoms with Crippen LogP contribution in [0.25, 0.3) is 0 Å². The lowest BCUT2D eigenvalue weighted by Crippen LogP contribution is -2.49. The van der Waals surface area contributed by atoms with Crippen LogP contribution < -0.4 is 21.1 Å². The van der Waals surface area contributed by atoms with Crippen molar-refractivity contribution in [2.24, 2.45) is 10.7 Å². The van der Waals surface area contributed by atoms with Gasteiger partial charge in [0, 0.05) is 36.3 Å². The summed E-state index contributed by atoms with van der Waals surface area (Å²) >= 11 is 6.01. The maximum absolute atomic E-state index is 11.0. The predicted molar refractivity (Wildman–Crippen MR) is 105 cm³/mol. The molecule has 1 saturated heterocycles.